The van der Waals surface area contributed by atoms with E-state index in [-0.39, 0.29) is 11.0 Å². The van der Waals surface area contributed by atoms with Crippen LogP contribution >= 0.6 is 11.6 Å². The zero-order valence-electron chi connectivity index (χ0n) is 16.1. The van der Waals surface area contributed by atoms with Crippen LogP contribution in [0.3, 0.4) is 0 Å². The third-order valence-corrected chi connectivity index (χ3v) is 4.80. The highest BCUT2D eigenvalue weighted by Crippen LogP contribution is 2.29. The summed E-state index contributed by atoms with van der Waals surface area (Å²) in [5.74, 6) is 0.591. The van der Waals surface area contributed by atoms with E-state index in [2.05, 4.69) is 40.8 Å². The summed E-state index contributed by atoms with van der Waals surface area (Å²) in [4.78, 5) is 8.60. The number of hydrogen-bond donors (Lipinski definition) is 3. The molecule has 0 aliphatic rings. The van der Waals surface area contributed by atoms with E-state index >= 15 is 0 Å². The van der Waals surface area contributed by atoms with Gasteiger partial charge in [0.25, 0.3) is 0 Å². The molecule has 0 aliphatic carbocycles. The first kappa shape index (κ1) is 20.5. The van der Waals surface area contributed by atoms with E-state index in [4.69, 9.17) is 11.6 Å². The molecule has 0 bridgehead atoms. The van der Waals surface area contributed by atoms with Crippen LogP contribution in [0.25, 0.3) is 5.69 Å². The number of hydrogen-bond acceptors (Lipinski definition) is 9. The monoisotopic (exact) mass is 457 g/mol. The molecule has 2 aromatic heterocycles. The van der Waals surface area contributed by atoms with Crippen molar-refractivity contribution >= 4 is 50.5 Å². The van der Waals surface area contributed by atoms with Gasteiger partial charge in [-0.1, -0.05) is 29.8 Å². The summed E-state index contributed by atoms with van der Waals surface area (Å²) in [5.41, 5.74) is 2.31. The third kappa shape index (κ3) is 5.24. The minimum atomic E-state index is -3.46. The Balaban J connectivity index is 1.59. The van der Waals surface area contributed by atoms with Gasteiger partial charge in [0.05, 0.1) is 29.5 Å². The molecule has 0 fully saturated rings. The summed E-state index contributed by atoms with van der Waals surface area (Å²) in [7, 11) is -3.46. The molecule has 4 aromatic rings. The summed E-state index contributed by atoms with van der Waals surface area (Å²) < 4.78 is 27.2. The molecule has 13 heteroatoms. The second-order valence-corrected chi connectivity index (χ2v) is 8.52. The van der Waals surface area contributed by atoms with Crippen LogP contribution in [0.5, 0.6) is 0 Å². The van der Waals surface area contributed by atoms with Crippen LogP contribution in [-0.4, -0.2) is 44.8 Å². The number of halogens is 1. The van der Waals surface area contributed by atoms with Crippen molar-refractivity contribution in [2.24, 2.45) is 0 Å². The van der Waals surface area contributed by atoms with Crippen molar-refractivity contribution in [3.63, 3.8) is 0 Å². The first-order valence-electron chi connectivity index (χ1n) is 8.84. The highest BCUT2D eigenvalue weighted by atomic mass is 35.5. The van der Waals surface area contributed by atoms with Crippen LogP contribution in [0.2, 0.25) is 5.02 Å². The van der Waals surface area contributed by atoms with Crippen LogP contribution in [0.4, 0.5) is 28.8 Å². The molecule has 158 valence electrons. The number of nitrogens with one attached hydrogen (secondary N) is 3. The van der Waals surface area contributed by atoms with Crippen LogP contribution < -0.4 is 15.4 Å². The quantitative estimate of drug-likeness (QED) is 0.382. The van der Waals surface area contributed by atoms with Gasteiger partial charge in [0.15, 0.2) is 5.82 Å². The Bertz CT molecular complexity index is 1310. The molecule has 0 radical (unpaired) electrons. The minimum Gasteiger partial charge on any atom is -0.337 e. The van der Waals surface area contributed by atoms with Crippen LogP contribution in [-0.2, 0) is 10.0 Å². The van der Waals surface area contributed by atoms with E-state index in [1.54, 1.807) is 24.3 Å². The second kappa shape index (κ2) is 8.53. The SMILES string of the molecule is CS(=O)(=O)Nc1ccccc1Nc1nc(Nc2cccc(-n3cnnn3)c2)ncc1Cl. The number of sulfonamides is 1. The number of anilines is 5. The van der Waals surface area contributed by atoms with Crippen molar-refractivity contribution < 1.29 is 8.42 Å². The molecular formula is C18H16ClN9O2S. The van der Waals surface area contributed by atoms with Gasteiger partial charge in [-0.2, -0.15) is 4.98 Å². The highest BCUT2D eigenvalue weighted by Gasteiger charge is 2.11. The number of para-hydroxylation sites is 2. The first-order valence-corrected chi connectivity index (χ1v) is 11.1. The molecule has 3 N–H and O–H groups in total. The molecular weight excluding hydrogens is 442 g/mol. The summed E-state index contributed by atoms with van der Waals surface area (Å²) in [6, 6.07) is 14.2. The standard InChI is InChI=1S/C18H16ClN9O2S/c1-31(29,30)25-16-8-3-2-7-15(16)23-17-14(19)10-20-18(24-17)22-12-5-4-6-13(9-12)28-11-21-26-27-28/h2-11,25H,1H3,(H2,20,22,23,24). The summed E-state index contributed by atoms with van der Waals surface area (Å²) in [6.07, 6.45) is 4.01. The number of tetrazole rings is 1. The number of nitrogens with zero attached hydrogens (tertiary/aromatic N) is 6. The van der Waals surface area contributed by atoms with Crippen molar-refractivity contribution in [3.8, 4) is 5.69 Å². The summed E-state index contributed by atoms with van der Waals surface area (Å²) >= 11 is 6.25. The smallest absolute Gasteiger partial charge is 0.229 e. The van der Waals surface area contributed by atoms with Crippen molar-refractivity contribution in [2.75, 3.05) is 21.6 Å². The fourth-order valence-corrected chi connectivity index (χ4v) is 3.37. The Hall–Kier alpha value is -3.77. The van der Waals surface area contributed by atoms with Gasteiger partial charge < -0.3 is 10.6 Å². The van der Waals surface area contributed by atoms with Gasteiger partial charge in [-0.25, -0.2) is 18.1 Å². The second-order valence-electron chi connectivity index (χ2n) is 6.36. The van der Waals surface area contributed by atoms with Gasteiger partial charge in [-0.05, 0) is 40.8 Å². The van der Waals surface area contributed by atoms with Gasteiger partial charge in [0.1, 0.15) is 11.3 Å². The highest BCUT2D eigenvalue weighted by molar-refractivity contribution is 7.92. The Morgan fingerprint density at radius 3 is 2.58 bits per heavy atom. The van der Waals surface area contributed by atoms with Gasteiger partial charge in [-0.3, -0.25) is 4.72 Å². The lowest BCUT2D eigenvalue weighted by Gasteiger charge is -2.14. The van der Waals surface area contributed by atoms with E-state index in [1.807, 2.05) is 24.3 Å². The fraction of sp³-hybridized carbons (Fsp3) is 0.0556. The predicted molar refractivity (Wildman–Crippen MR) is 118 cm³/mol. The zero-order valence-corrected chi connectivity index (χ0v) is 17.6. The van der Waals surface area contributed by atoms with Crippen molar-refractivity contribution in [1.29, 1.82) is 0 Å². The Labute approximate surface area is 182 Å². The van der Waals surface area contributed by atoms with Crippen LogP contribution in [0.1, 0.15) is 0 Å². The van der Waals surface area contributed by atoms with E-state index in [0.717, 1.165) is 11.9 Å². The van der Waals surface area contributed by atoms with Crippen LogP contribution in [0.15, 0.2) is 61.1 Å². The Morgan fingerprint density at radius 1 is 1.03 bits per heavy atom. The molecule has 0 saturated heterocycles. The predicted octanol–water partition coefficient (Wildman–Crippen LogP) is 2.96. The topological polar surface area (TPSA) is 140 Å². The van der Waals surface area contributed by atoms with Gasteiger partial charge in [0.2, 0.25) is 16.0 Å². The number of benzene rings is 2. The molecule has 2 aromatic carbocycles. The van der Waals surface area contributed by atoms with Gasteiger partial charge in [0, 0.05) is 5.69 Å². The van der Waals surface area contributed by atoms with E-state index in [0.29, 0.717) is 22.9 Å². The van der Waals surface area contributed by atoms with E-state index in [1.165, 1.54) is 17.2 Å². The lowest BCUT2D eigenvalue weighted by Crippen LogP contribution is -2.11. The molecule has 2 heterocycles. The van der Waals surface area contributed by atoms with Crippen LogP contribution in [0, 0.1) is 0 Å². The normalized spacial score (nSPS) is 11.2. The third-order valence-electron chi connectivity index (χ3n) is 3.94. The lowest BCUT2D eigenvalue weighted by atomic mass is 10.2. The maximum atomic E-state index is 11.6. The molecule has 31 heavy (non-hydrogen) atoms. The molecule has 0 spiro atoms. The lowest BCUT2D eigenvalue weighted by molar-refractivity contribution is 0.607. The summed E-state index contributed by atoms with van der Waals surface area (Å²) in [6.45, 7) is 0. The first-order chi connectivity index (χ1) is 14.9. The molecule has 0 saturated carbocycles. The molecule has 0 atom stereocenters. The fourth-order valence-electron chi connectivity index (χ4n) is 2.66. The van der Waals surface area contributed by atoms with Crippen molar-refractivity contribution in [2.45, 2.75) is 0 Å². The maximum Gasteiger partial charge on any atom is 0.229 e. The molecule has 0 amide bonds. The Kier molecular flexibility index (Phi) is 5.64. The van der Waals surface area contributed by atoms with E-state index < -0.39 is 10.0 Å². The van der Waals surface area contributed by atoms with E-state index in [9.17, 15) is 8.42 Å². The van der Waals surface area contributed by atoms with Crippen molar-refractivity contribution in [1.82, 2.24) is 30.2 Å². The molecule has 0 unspecified atom stereocenters. The Morgan fingerprint density at radius 2 is 1.84 bits per heavy atom. The summed E-state index contributed by atoms with van der Waals surface area (Å²) in [5, 5.41) is 17.5. The number of aromatic nitrogens is 6. The molecule has 11 nitrogen and oxygen atoms in total. The van der Waals surface area contributed by atoms with Crippen molar-refractivity contribution in [3.05, 3.63) is 66.1 Å². The minimum absolute atomic E-state index is 0.266. The average Bonchev–Trinajstić information content (AvgIpc) is 3.26. The van der Waals surface area contributed by atoms with Gasteiger partial charge in [-0.15, -0.1) is 5.10 Å². The molecule has 4 rings (SSSR count). The molecule has 0 aliphatic heterocycles. The largest absolute Gasteiger partial charge is 0.337 e. The number of rotatable bonds is 7. The maximum absolute atomic E-state index is 11.6. The zero-order chi connectivity index (χ0) is 21.8. The van der Waals surface area contributed by atoms with Gasteiger partial charge >= 0.3 is 0 Å². The average molecular weight is 458 g/mol.